The zero-order valence-electron chi connectivity index (χ0n) is 14.2. The van der Waals surface area contributed by atoms with Crippen LogP contribution in [0.1, 0.15) is 24.0 Å². The van der Waals surface area contributed by atoms with Gasteiger partial charge < -0.3 is 5.32 Å². The molecule has 1 atom stereocenters. The van der Waals surface area contributed by atoms with Gasteiger partial charge in [-0.3, -0.25) is 4.79 Å². The van der Waals surface area contributed by atoms with Crippen molar-refractivity contribution in [1.82, 2.24) is 15.1 Å². The molecule has 0 aliphatic carbocycles. The Balaban J connectivity index is 1.54. The molecular formula is C21H21N3O. The van der Waals surface area contributed by atoms with Crippen molar-refractivity contribution in [3.05, 3.63) is 90.3 Å². The van der Waals surface area contributed by atoms with Gasteiger partial charge in [0.05, 0.1) is 11.9 Å². The highest BCUT2D eigenvalue weighted by molar-refractivity contribution is 5.91. The van der Waals surface area contributed by atoms with Crippen LogP contribution in [0.5, 0.6) is 0 Å². The second-order valence-corrected chi connectivity index (χ2v) is 5.94. The summed E-state index contributed by atoms with van der Waals surface area (Å²) in [5, 5.41) is 7.25. The molecule has 1 heterocycles. The van der Waals surface area contributed by atoms with Crippen molar-refractivity contribution < 1.29 is 4.79 Å². The molecule has 3 aromatic rings. The fraction of sp³-hybridized carbons (Fsp3) is 0.143. The van der Waals surface area contributed by atoms with Gasteiger partial charge in [0, 0.05) is 24.4 Å². The van der Waals surface area contributed by atoms with E-state index in [1.165, 1.54) is 5.56 Å². The van der Waals surface area contributed by atoms with Gasteiger partial charge in [-0.25, -0.2) is 4.68 Å². The van der Waals surface area contributed by atoms with Crippen LogP contribution in [-0.2, 0) is 4.79 Å². The van der Waals surface area contributed by atoms with Crippen LogP contribution < -0.4 is 5.32 Å². The summed E-state index contributed by atoms with van der Waals surface area (Å²) in [7, 11) is 0. The lowest BCUT2D eigenvalue weighted by Crippen LogP contribution is -2.25. The highest BCUT2D eigenvalue weighted by Gasteiger charge is 2.06. The molecular weight excluding hydrogens is 310 g/mol. The SMILES string of the molecule is C[C@@H](CNC(=O)/C=C/c1cnn(-c2ccccc2)c1)c1ccccc1. The van der Waals surface area contributed by atoms with Crippen molar-refractivity contribution >= 4 is 12.0 Å². The van der Waals surface area contributed by atoms with Crippen molar-refractivity contribution in [3.63, 3.8) is 0 Å². The number of nitrogens with one attached hydrogen (secondary N) is 1. The third-order valence-electron chi connectivity index (χ3n) is 4.00. The van der Waals surface area contributed by atoms with Crippen molar-refractivity contribution in [2.24, 2.45) is 0 Å². The van der Waals surface area contributed by atoms with E-state index in [1.807, 2.05) is 54.7 Å². The Labute approximate surface area is 147 Å². The maximum Gasteiger partial charge on any atom is 0.244 e. The van der Waals surface area contributed by atoms with Crippen LogP contribution in [0.25, 0.3) is 11.8 Å². The lowest BCUT2D eigenvalue weighted by Gasteiger charge is -2.11. The monoisotopic (exact) mass is 331 g/mol. The number of aromatic nitrogens is 2. The van der Waals surface area contributed by atoms with E-state index in [1.54, 1.807) is 23.0 Å². The summed E-state index contributed by atoms with van der Waals surface area (Å²) >= 11 is 0. The van der Waals surface area contributed by atoms with Gasteiger partial charge in [-0.15, -0.1) is 0 Å². The van der Waals surface area contributed by atoms with Crippen LogP contribution >= 0.6 is 0 Å². The van der Waals surface area contributed by atoms with Gasteiger partial charge in [0.2, 0.25) is 5.91 Å². The number of carbonyl (C=O) groups excluding carboxylic acids is 1. The number of benzene rings is 2. The molecule has 0 spiro atoms. The molecule has 4 heteroatoms. The topological polar surface area (TPSA) is 46.9 Å². The maximum absolute atomic E-state index is 12.0. The standard InChI is InChI=1S/C21H21N3O/c1-17(19-8-4-2-5-9-19)14-22-21(25)13-12-18-15-23-24(16-18)20-10-6-3-7-11-20/h2-13,15-17H,14H2,1H3,(H,22,25)/b13-12+/t17-/m0/s1. The number of hydrogen-bond acceptors (Lipinski definition) is 2. The van der Waals surface area contributed by atoms with E-state index in [9.17, 15) is 4.79 Å². The molecule has 4 nitrogen and oxygen atoms in total. The molecule has 126 valence electrons. The number of amides is 1. The average Bonchev–Trinajstić information content (AvgIpc) is 3.15. The Bertz CT molecular complexity index is 838. The summed E-state index contributed by atoms with van der Waals surface area (Å²) in [6.45, 7) is 2.71. The summed E-state index contributed by atoms with van der Waals surface area (Å²) in [6.07, 6.45) is 6.95. The molecule has 0 unspecified atom stereocenters. The lowest BCUT2D eigenvalue weighted by molar-refractivity contribution is -0.116. The highest BCUT2D eigenvalue weighted by Crippen LogP contribution is 2.13. The molecule has 0 radical (unpaired) electrons. The zero-order chi connectivity index (χ0) is 17.5. The first-order valence-electron chi connectivity index (χ1n) is 8.33. The molecule has 1 aromatic heterocycles. The predicted octanol–water partition coefficient (Wildman–Crippen LogP) is 3.81. The van der Waals surface area contributed by atoms with Crippen LogP contribution in [0.3, 0.4) is 0 Å². The minimum Gasteiger partial charge on any atom is -0.352 e. The molecule has 1 amide bonds. The van der Waals surface area contributed by atoms with Gasteiger partial charge >= 0.3 is 0 Å². The molecule has 0 bridgehead atoms. The first-order valence-corrected chi connectivity index (χ1v) is 8.33. The second-order valence-electron chi connectivity index (χ2n) is 5.94. The predicted molar refractivity (Wildman–Crippen MR) is 100 cm³/mol. The fourth-order valence-electron chi connectivity index (χ4n) is 2.53. The van der Waals surface area contributed by atoms with Crippen LogP contribution in [0.15, 0.2) is 79.1 Å². The molecule has 0 saturated carbocycles. The fourth-order valence-corrected chi connectivity index (χ4v) is 2.53. The van der Waals surface area contributed by atoms with Crippen molar-refractivity contribution in [1.29, 1.82) is 0 Å². The molecule has 2 aromatic carbocycles. The van der Waals surface area contributed by atoms with Crippen LogP contribution in [0.4, 0.5) is 0 Å². The van der Waals surface area contributed by atoms with Crippen LogP contribution in [0.2, 0.25) is 0 Å². The van der Waals surface area contributed by atoms with Gasteiger partial charge in [0.1, 0.15) is 0 Å². The van der Waals surface area contributed by atoms with Crippen LogP contribution in [-0.4, -0.2) is 22.2 Å². The van der Waals surface area contributed by atoms with E-state index >= 15 is 0 Å². The minimum atomic E-state index is -0.102. The lowest BCUT2D eigenvalue weighted by atomic mass is 10.0. The first-order chi connectivity index (χ1) is 12.2. The summed E-state index contributed by atoms with van der Waals surface area (Å²) in [4.78, 5) is 12.0. The van der Waals surface area contributed by atoms with E-state index in [4.69, 9.17) is 0 Å². The Hall–Kier alpha value is -3.14. The average molecular weight is 331 g/mol. The third kappa shape index (κ3) is 4.67. The summed E-state index contributed by atoms with van der Waals surface area (Å²) < 4.78 is 1.79. The number of hydrogen-bond donors (Lipinski definition) is 1. The Morgan fingerprint density at radius 2 is 1.80 bits per heavy atom. The number of rotatable bonds is 6. The van der Waals surface area contributed by atoms with E-state index in [0.717, 1.165) is 11.3 Å². The number of nitrogens with zero attached hydrogens (tertiary/aromatic N) is 2. The zero-order valence-corrected chi connectivity index (χ0v) is 14.2. The molecule has 25 heavy (non-hydrogen) atoms. The van der Waals surface area contributed by atoms with Crippen molar-refractivity contribution in [3.8, 4) is 5.69 Å². The van der Waals surface area contributed by atoms with Gasteiger partial charge in [-0.05, 0) is 29.7 Å². The summed E-state index contributed by atoms with van der Waals surface area (Å²) in [5.41, 5.74) is 3.09. The van der Waals surface area contributed by atoms with Gasteiger partial charge in [-0.2, -0.15) is 5.10 Å². The van der Waals surface area contributed by atoms with E-state index in [0.29, 0.717) is 6.54 Å². The number of carbonyl (C=O) groups is 1. The van der Waals surface area contributed by atoms with Crippen molar-refractivity contribution in [2.75, 3.05) is 6.54 Å². The van der Waals surface area contributed by atoms with E-state index < -0.39 is 0 Å². The Kier molecular flexibility index (Phi) is 5.42. The second kappa shape index (κ2) is 8.11. The normalized spacial score (nSPS) is 12.2. The van der Waals surface area contributed by atoms with E-state index in [-0.39, 0.29) is 11.8 Å². The van der Waals surface area contributed by atoms with Crippen molar-refractivity contribution in [2.45, 2.75) is 12.8 Å². The molecule has 0 saturated heterocycles. The van der Waals surface area contributed by atoms with E-state index in [2.05, 4.69) is 29.5 Å². The van der Waals surface area contributed by atoms with Crippen LogP contribution in [0, 0.1) is 0 Å². The summed E-state index contributed by atoms with van der Waals surface area (Å²) in [5.74, 6) is 0.176. The summed E-state index contributed by atoms with van der Waals surface area (Å²) in [6, 6.07) is 20.0. The van der Waals surface area contributed by atoms with Gasteiger partial charge in [0.25, 0.3) is 0 Å². The van der Waals surface area contributed by atoms with Gasteiger partial charge in [0.15, 0.2) is 0 Å². The smallest absolute Gasteiger partial charge is 0.244 e. The largest absolute Gasteiger partial charge is 0.352 e. The first kappa shape index (κ1) is 16.7. The quantitative estimate of drug-likeness (QED) is 0.698. The maximum atomic E-state index is 12.0. The third-order valence-corrected chi connectivity index (χ3v) is 4.00. The van der Waals surface area contributed by atoms with Gasteiger partial charge in [-0.1, -0.05) is 55.5 Å². The highest BCUT2D eigenvalue weighted by atomic mass is 16.1. The molecule has 0 aliphatic heterocycles. The minimum absolute atomic E-state index is 0.102. The molecule has 1 N–H and O–H groups in total. The Morgan fingerprint density at radius 3 is 2.52 bits per heavy atom. The Morgan fingerprint density at radius 1 is 1.12 bits per heavy atom. The molecule has 0 fully saturated rings. The molecule has 0 aliphatic rings. The molecule has 3 rings (SSSR count). The number of para-hydroxylation sites is 1.